The highest BCUT2D eigenvalue weighted by atomic mass is 32.2. The van der Waals surface area contributed by atoms with Gasteiger partial charge in [-0.1, -0.05) is 6.07 Å². The van der Waals surface area contributed by atoms with Gasteiger partial charge in [0.1, 0.15) is 11.4 Å². The Hall–Kier alpha value is -2.14. The number of thioether (sulfide) groups is 1. The lowest BCUT2D eigenvalue weighted by molar-refractivity contribution is -0.161. The number of halogens is 1. The molecule has 25 heavy (non-hydrogen) atoms. The van der Waals surface area contributed by atoms with Gasteiger partial charge in [0.2, 0.25) is 17.5 Å². The lowest BCUT2D eigenvalue weighted by Crippen LogP contribution is -2.74. The minimum atomic E-state index is -2.52. The molecule has 2 fully saturated rings. The van der Waals surface area contributed by atoms with Gasteiger partial charge in [0, 0.05) is 10.6 Å². The number of carbonyl (C=O) groups excluding carboxylic acids is 2. The Bertz CT molecular complexity index is 742. The second-order valence-electron chi connectivity index (χ2n) is 5.71. The van der Waals surface area contributed by atoms with E-state index in [9.17, 15) is 28.7 Å². The fourth-order valence-electron chi connectivity index (χ4n) is 2.73. The summed E-state index contributed by atoms with van der Waals surface area (Å²) in [6, 6.07) is 2.14. The highest BCUT2D eigenvalue weighted by Gasteiger charge is 2.58. The van der Waals surface area contributed by atoms with E-state index in [-0.39, 0.29) is 5.75 Å². The molecular weight excluding hydrogens is 375 g/mol. The average Bonchev–Trinajstić information content (AvgIpc) is 3.06. The molecule has 0 radical (unpaired) electrons. The minimum Gasteiger partial charge on any atom is -0.480 e. The summed E-state index contributed by atoms with van der Waals surface area (Å²) >= 11 is 2.02. The van der Waals surface area contributed by atoms with E-state index < -0.39 is 53.3 Å². The number of alkyl halides is 1. The Labute approximate surface area is 149 Å². The number of nitrogens with zero attached hydrogens (tertiary/aromatic N) is 1. The first kappa shape index (κ1) is 17.7. The number of fused-ring (bicyclic) bond motifs is 1. The van der Waals surface area contributed by atoms with E-state index in [1.165, 1.54) is 6.07 Å². The van der Waals surface area contributed by atoms with Crippen molar-refractivity contribution in [2.24, 2.45) is 0 Å². The fraction of sp³-hybridized carbons (Fsp3) is 0.429. The first-order valence-corrected chi connectivity index (χ1v) is 9.08. The van der Waals surface area contributed by atoms with Gasteiger partial charge in [-0.05, 0) is 11.4 Å². The molecule has 0 bridgehead atoms. The van der Waals surface area contributed by atoms with E-state index in [2.05, 4.69) is 5.32 Å². The largest absolute Gasteiger partial charge is 0.480 e. The molecule has 134 valence electrons. The van der Waals surface area contributed by atoms with Crippen LogP contribution in [0.5, 0.6) is 0 Å². The van der Waals surface area contributed by atoms with Crippen LogP contribution in [0.3, 0.4) is 0 Å². The monoisotopic (exact) mass is 388 g/mol. The molecule has 2 aliphatic heterocycles. The maximum absolute atomic E-state index is 14.2. The number of carboxylic acid groups (broad SMARTS) is 2. The van der Waals surface area contributed by atoms with Gasteiger partial charge in [-0.25, -0.2) is 9.18 Å². The SMILES string of the molecule is O=C(O)C(C(=O)NC1C(=O)N2CC(F)(C(=O)O)CS[C@H]12)c1cccs1. The van der Waals surface area contributed by atoms with E-state index in [4.69, 9.17) is 5.11 Å². The van der Waals surface area contributed by atoms with Crippen molar-refractivity contribution in [3.05, 3.63) is 22.4 Å². The number of hydrogen-bond acceptors (Lipinski definition) is 6. The van der Waals surface area contributed by atoms with Crippen LogP contribution in [-0.4, -0.2) is 68.2 Å². The highest BCUT2D eigenvalue weighted by Crippen LogP contribution is 2.40. The number of carbonyl (C=O) groups is 4. The quantitative estimate of drug-likeness (QED) is 0.483. The molecule has 1 aromatic heterocycles. The summed E-state index contributed by atoms with van der Waals surface area (Å²) in [7, 11) is 0. The van der Waals surface area contributed by atoms with Crippen LogP contribution in [0.15, 0.2) is 17.5 Å². The molecular formula is C14H13FN2O6S2. The van der Waals surface area contributed by atoms with Crippen LogP contribution in [0.1, 0.15) is 10.8 Å². The first-order valence-electron chi connectivity index (χ1n) is 7.15. The zero-order chi connectivity index (χ0) is 18.4. The van der Waals surface area contributed by atoms with E-state index in [0.717, 1.165) is 28.0 Å². The number of hydrogen-bond donors (Lipinski definition) is 3. The van der Waals surface area contributed by atoms with Crippen molar-refractivity contribution in [3.8, 4) is 0 Å². The molecule has 2 saturated heterocycles. The average molecular weight is 388 g/mol. The Kier molecular flexibility index (Phi) is 4.45. The lowest BCUT2D eigenvalue weighted by Gasteiger charge is -2.51. The number of carboxylic acids is 2. The molecule has 4 atom stereocenters. The van der Waals surface area contributed by atoms with Gasteiger partial charge in [-0.2, -0.15) is 0 Å². The molecule has 3 N–H and O–H groups in total. The molecule has 2 amide bonds. The summed E-state index contributed by atoms with van der Waals surface area (Å²) in [5.41, 5.74) is -2.52. The molecule has 8 nitrogen and oxygen atoms in total. The van der Waals surface area contributed by atoms with Gasteiger partial charge in [0.05, 0.1) is 6.54 Å². The molecule has 1 aromatic rings. The second kappa shape index (κ2) is 6.30. The standard InChI is InChI=1S/C14H13FN2O6S2/c15-14(13(22)23)4-17-10(19)8(11(17)25-5-14)16-9(18)7(12(20)21)6-2-1-3-24-6/h1-3,7-8,11H,4-5H2,(H,16,18)(H,20,21)(H,22,23)/t7?,8?,11-,14?/m1/s1. The number of aliphatic carboxylic acids is 2. The summed E-state index contributed by atoms with van der Waals surface area (Å²) in [6.07, 6.45) is 0. The third-order valence-electron chi connectivity index (χ3n) is 4.06. The van der Waals surface area contributed by atoms with E-state index in [1.54, 1.807) is 11.4 Å². The van der Waals surface area contributed by atoms with E-state index in [0.29, 0.717) is 4.88 Å². The van der Waals surface area contributed by atoms with Crippen molar-refractivity contribution < 1.29 is 33.8 Å². The first-order chi connectivity index (χ1) is 11.7. The Morgan fingerprint density at radius 2 is 2.12 bits per heavy atom. The minimum absolute atomic E-state index is 0.332. The molecule has 3 rings (SSSR count). The Morgan fingerprint density at radius 3 is 2.68 bits per heavy atom. The predicted molar refractivity (Wildman–Crippen MR) is 86.1 cm³/mol. The van der Waals surface area contributed by atoms with Crippen LogP contribution in [0.4, 0.5) is 4.39 Å². The van der Waals surface area contributed by atoms with Gasteiger partial charge in [-0.15, -0.1) is 23.1 Å². The lowest BCUT2D eigenvalue weighted by atomic mass is 9.99. The van der Waals surface area contributed by atoms with Crippen LogP contribution in [0.25, 0.3) is 0 Å². The van der Waals surface area contributed by atoms with Gasteiger partial charge in [0.15, 0.2) is 5.92 Å². The number of β-lactam (4-membered cyclic amide) rings is 1. The molecule has 2 aliphatic rings. The summed E-state index contributed by atoms with van der Waals surface area (Å²) in [5.74, 6) is -6.21. The molecule has 0 spiro atoms. The number of nitrogens with one attached hydrogen (secondary N) is 1. The van der Waals surface area contributed by atoms with Crippen LogP contribution in [0, 0.1) is 0 Å². The smallest absolute Gasteiger partial charge is 0.344 e. The summed E-state index contributed by atoms with van der Waals surface area (Å²) in [6.45, 7) is -0.585. The van der Waals surface area contributed by atoms with Crippen molar-refractivity contribution >= 4 is 46.9 Å². The molecule has 3 unspecified atom stereocenters. The highest BCUT2D eigenvalue weighted by molar-refractivity contribution is 8.00. The molecule has 11 heteroatoms. The van der Waals surface area contributed by atoms with Crippen molar-refractivity contribution in [1.82, 2.24) is 10.2 Å². The van der Waals surface area contributed by atoms with Crippen LogP contribution in [0.2, 0.25) is 0 Å². The number of amides is 2. The predicted octanol–water partition coefficient (Wildman–Crippen LogP) is 0.109. The Morgan fingerprint density at radius 1 is 1.40 bits per heavy atom. The molecule has 3 heterocycles. The summed E-state index contributed by atoms with van der Waals surface area (Å²) in [5, 5.41) is 21.6. The van der Waals surface area contributed by atoms with Crippen molar-refractivity contribution in [3.63, 3.8) is 0 Å². The molecule has 0 aromatic carbocycles. The molecule has 0 aliphatic carbocycles. The van der Waals surface area contributed by atoms with E-state index >= 15 is 0 Å². The second-order valence-corrected chi connectivity index (χ2v) is 7.80. The van der Waals surface area contributed by atoms with Crippen LogP contribution < -0.4 is 5.32 Å². The van der Waals surface area contributed by atoms with Crippen molar-refractivity contribution in [1.29, 1.82) is 0 Å². The topological polar surface area (TPSA) is 124 Å². The zero-order valence-corrected chi connectivity index (χ0v) is 14.2. The number of rotatable bonds is 5. The van der Waals surface area contributed by atoms with Gasteiger partial charge >= 0.3 is 11.9 Å². The van der Waals surface area contributed by atoms with Crippen LogP contribution in [-0.2, 0) is 19.2 Å². The van der Waals surface area contributed by atoms with Gasteiger partial charge in [-0.3, -0.25) is 14.4 Å². The Balaban J connectivity index is 1.69. The maximum Gasteiger partial charge on any atom is 0.344 e. The third kappa shape index (κ3) is 2.97. The zero-order valence-electron chi connectivity index (χ0n) is 12.5. The van der Waals surface area contributed by atoms with Gasteiger partial charge < -0.3 is 20.4 Å². The van der Waals surface area contributed by atoms with Gasteiger partial charge in [0.25, 0.3) is 0 Å². The number of thiophene rings is 1. The normalized spacial score (nSPS) is 29.3. The van der Waals surface area contributed by atoms with Crippen molar-refractivity contribution in [2.45, 2.75) is 23.0 Å². The fourth-order valence-corrected chi connectivity index (χ4v) is 4.93. The van der Waals surface area contributed by atoms with Crippen molar-refractivity contribution in [2.75, 3.05) is 12.3 Å². The maximum atomic E-state index is 14.2. The summed E-state index contributed by atoms with van der Waals surface area (Å²) < 4.78 is 14.2. The van der Waals surface area contributed by atoms with Crippen LogP contribution >= 0.6 is 23.1 Å². The van der Waals surface area contributed by atoms with E-state index in [1.807, 2.05) is 0 Å². The molecule has 0 saturated carbocycles. The third-order valence-corrected chi connectivity index (χ3v) is 6.49. The summed E-state index contributed by atoms with van der Waals surface area (Å²) in [4.78, 5) is 48.1.